The van der Waals surface area contributed by atoms with Crippen molar-refractivity contribution < 1.29 is 0 Å². The van der Waals surface area contributed by atoms with Gasteiger partial charge in [-0.1, -0.05) is 26.7 Å². The second-order valence-corrected chi connectivity index (χ2v) is 5.55. The fourth-order valence-corrected chi connectivity index (χ4v) is 2.96. The Bertz CT molecular complexity index is 370. The van der Waals surface area contributed by atoms with E-state index in [1.807, 2.05) is 0 Å². The predicted octanol–water partition coefficient (Wildman–Crippen LogP) is 3.13. The fourth-order valence-electron chi connectivity index (χ4n) is 2.96. The van der Waals surface area contributed by atoms with Crippen molar-refractivity contribution in [3.05, 3.63) is 17.5 Å². The zero-order chi connectivity index (χ0) is 13.0. The Morgan fingerprint density at radius 1 is 1.33 bits per heavy atom. The van der Waals surface area contributed by atoms with Crippen LogP contribution in [0.25, 0.3) is 0 Å². The normalized spacial score (nSPS) is 24.4. The zero-order valence-corrected chi connectivity index (χ0v) is 12.1. The highest BCUT2D eigenvalue weighted by molar-refractivity contribution is 5.10. The molecule has 0 aromatic carbocycles. The van der Waals surface area contributed by atoms with E-state index in [0.717, 1.165) is 25.4 Å². The summed E-state index contributed by atoms with van der Waals surface area (Å²) in [5.74, 6) is 0.822. The van der Waals surface area contributed by atoms with Gasteiger partial charge in [0.05, 0.1) is 11.4 Å². The van der Waals surface area contributed by atoms with Crippen LogP contribution in [-0.4, -0.2) is 15.8 Å². The maximum absolute atomic E-state index is 4.61. The molecule has 1 fully saturated rings. The van der Waals surface area contributed by atoms with E-state index in [0.29, 0.717) is 6.04 Å². The smallest absolute Gasteiger partial charge is 0.0625 e. The molecule has 3 nitrogen and oxygen atoms in total. The molecular weight excluding hydrogens is 222 g/mol. The molecule has 0 aliphatic heterocycles. The summed E-state index contributed by atoms with van der Waals surface area (Å²) in [6, 6.07) is 2.95. The highest BCUT2D eigenvalue weighted by Gasteiger charge is 2.20. The van der Waals surface area contributed by atoms with Gasteiger partial charge in [0.25, 0.3) is 0 Å². The molecule has 0 saturated heterocycles. The van der Waals surface area contributed by atoms with E-state index in [9.17, 15) is 0 Å². The molecular formula is C15H27N3. The molecule has 1 aromatic rings. The second kappa shape index (κ2) is 6.37. The van der Waals surface area contributed by atoms with Crippen LogP contribution in [0, 0.1) is 5.92 Å². The summed E-state index contributed by atoms with van der Waals surface area (Å²) in [5.41, 5.74) is 2.55. The van der Waals surface area contributed by atoms with E-state index < -0.39 is 0 Å². The van der Waals surface area contributed by atoms with Crippen molar-refractivity contribution in [3.63, 3.8) is 0 Å². The van der Waals surface area contributed by atoms with Crippen molar-refractivity contribution in [1.29, 1.82) is 0 Å². The summed E-state index contributed by atoms with van der Waals surface area (Å²) < 4.78 is 2.14. The standard InChI is InChI=1S/C15H27N3/c1-4-13-10-14(18(5-2)17-13)11-16-15-9-7-6-8-12(15)3/h10,12,15-16H,4-9,11H2,1-3H3. The van der Waals surface area contributed by atoms with Crippen LogP contribution in [0.5, 0.6) is 0 Å². The Hall–Kier alpha value is -0.830. The summed E-state index contributed by atoms with van der Waals surface area (Å²) in [7, 11) is 0. The van der Waals surface area contributed by atoms with Gasteiger partial charge in [0.1, 0.15) is 0 Å². The quantitative estimate of drug-likeness (QED) is 0.869. The van der Waals surface area contributed by atoms with Crippen molar-refractivity contribution in [3.8, 4) is 0 Å². The molecule has 1 saturated carbocycles. The van der Waals surface area contributed by atoms with E-state index in [4.69, 9.17) is 0 Å². The van der Waals surface area contributed by atoms with Crippen LogP contribution in [0.3, 0.4) is 0 Å². The Morgan fingerprint density at radius 2 is 2.11 bits per heavy atom. The van der Waals surface area contributed by atoms with Gasteiger partial charge < -0.3 is 5.32 Å². The maximum atomic E-state index is 4.61. The van der Waals surface area contributed by atoms with Crippen molar-refractivity contribution in [2.45, 2.75) is 72.0 Å². The molecule has 1 aromatic heterocycles. The average Bonchev–Trinajstić information content (AvgIpc) is 2.80. The highest BCUT2D eigenvalue weighted by Crippen LogP contribution is 2.24. The number of aryl methyl sites for hydroxylation is 2. The van der Waals surface area contributed by atoms with Crippen molar-refractivity contribution >= 4 is 0 Å². The molecule has 102 valence electrons. The average molecular weight is 249 g/mol. The Morgan fingerprint density at radius 3 is 2.78 bits per heavy atom. The lowest BCUT2D eigenvalue weighted by Gasteiger charge is -2.29. The molecule has 2 atom stereocenters. The van der Waals surface area contributed by atoms with Crippen LogP contribution in [0.4, 0.5) is 0 Å². The third kappa shape index (κ3) is 3.14. The summed E-state index contributed by atoms with van der Waals surface area (Å²) in [5, 5.41) is 8.35. The molecule has 2 unspecified atom stereocenters. The number of rotatable bonds is 5. The van der Waals surface area contributed by atoms with Crippen LogP contribution in [-0.2, 0) is 19.5 Å². The fraction of sp³-hybridized carbons (Fsp3) is 0.800. The Labute approximate surface area is 111 Å². The van der Waals surface area contributed by atoms with E-state index in [1.165, 1.54) is 37.1 Å². The zero-order valence-electron chi connectivity index (χ0n) is 12.1. The minimum Gasteiger partial charge on any atom is -0.308 e. The summed E-state index contributed by atoms with van der Waals surface area (Å²) in [6.07, 6.45) is 6.54. The van der Waals surface area contributed by atoms with Gasteiger partial charge >= 0.3 is 0 Å². The molecule has 0 spiro atoms. The maximum Gasteiger partial charge on any atom is 0.0625 e. The van der Waals surface area contributed by atoms with Crippen molar-refractivity contribution in [2.24, 2.45) is 5.92 Å². The first-order chi connectivity index (χ1) is 8.74. The first-order valence-electron chi connectivity index (χ1n) is 7.53. The van der Waals surface area contributed by atoms with Crippen LogP contribution in [0.1, 0.15) is 57.8 Å². The van der Waals surface area contributed by atoms with Gasteiger partial charge in [-0.05, 0) is 38.2 Å². The molecule has 1 aliphatic carbocycles. The number of hydrogen-bond acceptors (Lipinski definition) is 2. The minimum absolute atomic E-state index is 0.698. The molecule has 18 heavy (non-hydrogen) atoms. The summed E-state index contributed by atoms with van der Waals surface area (Å²) >= 11 is 0. The lowest BCUT2D eigenvalue weighted by atomic mass is 9.86. The van der Waals surface area contributed by atoms with Crippen LogP contribution < -0.4 is 5.32 Å². The third-order valence-corrected chi connectivity index (χ3v) is 4.23. The molecule has 1 aliphatic rings. The topological polar surface area (TPSA) is 29.9 Å². The molecule has 0 amide bonds. The van der Waals surface area contributed by atoms with Gasteiger partial charge in [0, 0.05) is 19.1 Å². The molecule has 0 bridgehead atoms. The van der Waals surface area contributed by atoms with E-state index in [1.54, 1.807) is 0 Å². The second-order valence-electron chi connectivity index (χ2n) is 5.55. The van der Waals surface area contributed by atoms with Crippen molar-refractivity contribution in [2.75, 3.05) is 0 Å². The number of nitrogens with zero attached hydrogens (tertiary/aromatic N) is 2. The number of hydrogen-bond donors (Lipinski definition) is 1. The molecule has 3 heteroatoms. The molecule has 2 rings (SSSR count). The largest absolute Gasteiger partial charge is 0.308 e. The summed E-state index contributed by atoms with van der Waals surface area (Å²) in [4.78, 5) is 0. The molecule has 1 heterocycles. The lowest BCUT2D eigenvalue weighted by Crippen LogP contribution is -2.37. The van der Waals surface area contributed by atoms with Gasteiger partial charge in [-0.25, -0.2) is 0 Å². The van der Waals surface area contributed by atoms with Crippen LogP contribution in [0.15, 0.2) is 6.07 Å². The highest BCUT2D eigenvalue weighted by atomic mass is 15.3. The molecule has 0 radical (unpaired) electrons. The van der Waals surface area contributed by atoms with E-state index in [-0.39, 0.29) is 0 Å². The van der Waals surface area contributed by atoms with Crippen molar-refractivity contribution in [1.82, 2.24) is 15.1 Å². The minimum atomic E-state index is 0.698. The lowest BCUT2D eigenvalue weighted by molar-refractivity contribution is 0.277. The van der Waals surface area contributed by atoms with Gasteiger partial charge in [-0.3, -0.25) is 4.68 Å². The summed E-state index contributed by atoms with van der Waals surface area (Å²) in [6.45, 7) is 8.65. The van der Waals surface area contributed by atoms with Gasteiger partial charge in [-0.15, -0.1) is 0 Å². The monoisotopic (exact) mass is 249 g/mol. The van der Waals surface area contributed by atoms with Gasteiger partial charge in [0.2, 0.25) is 0 Å². The van der Waals surface area contributed by atoms with Crippen LogP contribution >= 0.6 is 0 Å². The third-order valence-electron chi connectivity index (χ3n) is 4.23. The molecule has 1 N–H and O–H groups in total. The SMILES string of the molecule is CCc1cc(CNC2CCCCC2C)n(CC)n1. The first-order valence-corrected chi connectivity index (χ1v) is 7.53. The van der Waals surface area contributed by atoms with E-state index >= 15 is 0 Å². The van der Waals surface area contributed by atoms with Gasteiger partial charge in [-0.2, -0.15) is 5.10 Å². The first kappa shape index (κ1) is 13.6. The predicted molar refractivity (Wildman–Crippen MR) is 75.5 cm³/mol. The number of aromatic nitrogens is 2. The van der Waals surface area contributed by atoms with Gasteiger partial charge in [0.15, 0.2) is 0 Å². The van der Waals surface area contributed by atoms with E-state index in [2.05, 4.69) is 41.9 Å². The Kier molecular flexibility index (Phi) is 4.81. The van der Waals surface area contributed by atoms with Crippen LogP contribution in [0.2, 0.25) is 0 Å². The Balaban J connectivity index is 1.94. The number of nitrogens with one attached hydrogen (secondary N) is 1.